The highest BCUT2D eigenvalue weighted by molar-refractivity contribution is 5.35. The van der Waals surface area contributed by atoms with E-state index in [1.165, 1.54) is 24.8 Å². The molecule has 1 N–H and O–H groups in total. The molecule has 0 saturated heterocycles. The van der Waals surface area contributed by atoms with Crippen LogP contribution in [0, 0.1) is 0 Å². The van der Waals surface area contributed by atoms with Crippen LogP contribution in [0.5, 0.6) is 5.75 Å². The summed E-state index contributed by atoms with van der Waals surface area (Å²) in [6, 6.07) is 9.07. The van der Waals surface area contributed by atoms with E-state index in [-0.39, 0.29) is 0 Å². The second-order valence-electron chi connectivity index (χ2n) is 5.35. The Morgan fingerprint density at radius 3 is 2.74 bits per heavy atom. The summed E-state index contributed by atoms with van der Waals surface area (Å²) in [4.78, 5) is 0. The molecule has 0 bridgehead atoms. The maximum absolute atomic E-state index is 5.49. The molecule has 0 heterocycles. The second kappa shape index (κ2) is 6.92. The first-order valence-corrected chi connectivity index (χ1v) is 7.16. The topological polar surface area (TPSA) is 30.5 Å². The number of methoxy groups -OCH3 is 2. The molecule has 0 radical (unpaired) electrons. The Kier molecular flexibility index (Phi) is 5.23. The number of rotatable bonds is 5. The fourth-order valence-corrected chi connectivity index (χ4v) is 2.98. The SMILES string of the molecule is COc1ccccc1[C@@H](C)NC1CCCC(OC)C1. The summed E-state index contributed by atoms with van der Waals surface area (Å²) in [5.41, 5.74) is 1.23. The van der Waals surface area contributed by atoms with Crippen LogP contribution in [0.3, 0.4) is 0 Å². The maximum atomic E-state index is 5.49. The molecule has 106 valence electrons. The van der Waals surface area contributed by atoms with Crippen LogP contribution in [-0.4, -0.2) is 26.4 Å². The Labute approximate surface area is 116 Å². The number of hydrogen-bond donors (Lipinski definition) is 1. The number of benzene rings is 1. The zero-order valence-corrected chi connectivity index (χ0v) is 12.2. The number of para-hydroxylation sites is 1. The van der Waals surface area contributed by atoms with Gasteiger partial charge in [0.2, 0.25) is 0 Å². The Morgan fingerprint density at radius 2 is 2.00 bits per heavy atom. The van der Waals surface area contributed by atoms with E-state index >= 15 is 0 Å². The van der Waals surface area contributed by atoms with Gasteiger partial charge in [0, 0.05) is 24.8 Å². The molecule has 19 heavy (non-hydrogen) atoms. The highest BCUT2D eigenvalue weighted by Gasteiger charge is 2.23. The van der Waals surface area contributed by atoms with Crippen molar-refractivity contribution in [2.24, 2.45) is 0 Å². The van der Waals surface area contributed by atoms with Gasteiger partial charge in [0.1, 0.15) is 5.75 Å². The van der Waals surface area contributed by atoms with Crippen molar-refractivity contribution < 1.29 is 9.47 Å². The van der Waals surface area contributed by atoms with Gasteiger partial charge in [-0.3, -0.25) is 0 Å². The lowest BCUT2D eigenvalue weighted by molar-refractivity contribution is 0.0572. The number of ether oxygens (including phenoxy) is 2. The molecule has 3 heteroatoms. The minimum Gasteiger partial charge on any atom is -0.496 e. The molecule has 0 aliphatic heterocycles. The van der Waals surface area contributed by atoms with E-state index in [1.54, 1.807) is 7.11 Å². The molecule has 1 aromatic carbocycles. The van der Waals surface area contributed by atoms with Crippen LogP contribution >= 0.6 is 0 Å². The van der Waals surface area contributed by atoms with Gasteiger partial charge in [-0.15, -0.1) is 0 Å². The normalized spacial score (nSPS) is 25.0. The Hall–Kier alpha value is -1.06. The highest BCUT2D eigenvalue weighted by Crippen LogP contribution is 2.27. The molecule has 1 aliphatic rings. The van der Waals surface area contributed by atoms with Crippen molar-refractivity contribution in [3.63, 3.8) is 0 Å². The van der Waals surface area contributed by atoms with Gasteiger partial charge >= 0.3 is 0 Å². The Balaban J connectivity index is 1.98. The molecule has 1 aliphatic carbocycles. The molecule has 3 nitrogen and oxygen atoms in total. The average molecular weight is 263 g/mol. The lowest BCUT2D eigenvalue weighted by Gasteiger charge is -2.31. The Morgan fingerprint density at radius 1 is 1.21 bits per heavy atom. The van der Waals surface area contributed by atoms with Crippen molar-refractivity contribution >= 4 is 0 Å². The summed E-state index contributed by atoms with van der Waals surface area (Å²) in [7, 11) is 3.55. The lowest BCUT2D eigenvalue weighted by Crippen LogP contribution is -2.38. The molecule has 2 unspecified atom stereocenters. The third kappa shape index (κ3) is 3.71. The smallest absolute Gasteiger partial charge is 0.123 e. The molecule has 1 fully saturated rings. The molecule has 3 atom stereocenters. The molecule has 0 aromatic heterocycles. The van der Waals surface area contributed by atoms with E-state index in [4.69, 9.17) is 9.47 Å². The van der Waals surface area contributed by atoms with Gasteiger partial charge in [-0.25, -0.2) is 0 Å². The van der Waals surface area contributed by atoms with Crippen LogP contribution in [0.15, 0.2) is 24.3 Å². The zero-order valence-electron chi connectivity index (χ0n) is 12.2. The second-order valence-corrected chi connectivity index (χ2v) is 5.35. The fraction of sp³-hybridized carbons (Fsp3) is 0.625. The van der Waals surface area contributed by atoms with Gasteiger partial charge in [0.15, 0.2) is 0 Å². The van der Waals surface area contributed by atoms with Crippen molar-refractivity contribution in [2.45, 2.75) is 50.8 Å². The van der Waals surface area contributed by atoms with Crippen LogP contribution in [-0.2, 0) is 4.74 Å². The van der Waals surface area contributed by atoms with E-state index in [0.29, 0.717) is 18.2 Å². The predicted molar refractivity (Wildman–Crippen MR) is 77.6 cm³/mol. The first-order chi connectivity index (χ1) is 9.24. The predicted octanol–water partition coefficient (Wildman–Crippen LogP) is 3.30. The highest BCUT2D eigenvalue weighted by atomic mass is 16.5. The third-order valence-electron chi connectivity index (χ3n) is 4.05. The van der Waals surface area contributed by atoms with Gasteiger partial charge in [0.05, 0.1) is 13.2 Å². The van der Waals surface area contributed by atoms with Crippen LogP contribution in [0.25, 0.3) is 0 Å². The average Bonchev–Trinajstić information content (AvgIpc) is 2.47. The summed E-state index contributed by atoms with van der Waals surface area (Å²) in [5.74, 6) is 0.960. The molecule has 2 rings (SSSR count). The van der Waals surface area contributed by atoms with E-state index < -0.39 is 0 Å². The molecule has 1 saturated carbocycles. The Bertz CT molecular complexity index is 394. The summed E-state index contributed by atoms with van der Waals surface area (Å²) in [5, 5.41) is 3.71. The van der Waals surface area contributed by atoms with Gasteiger partial charge in [-0.05, 0) is 38.7 Å². The van der Waals surface area contributed by atoms with Crippen LogP contribution in [0.2, 0.25) is 0 Å². The third-order valence-corrected chi connectivity index (χ3v) is 4.05. The summed E-state index contributed by atoms with van der Waals surface area (Å²) < 4.78 is 10.9. The van der Waals surface area contributed by atoms with Crippen molar-refractivity contribution in [1.82, 2.24) is 5.32 Å². The fourth-order valence-electron chi connectivity index (χ4n) is 2.98. The van der Waals surface area contributed by atoms with Gasteiger partial charge < -0.3 is 14.8 Å². The van der Waals surface area contributed by atoms with Crippen LogP contribution < -0.4 is 10.1 Å². The van der Waals surface area contributed by atoms with E-state index in [1.807, 2.05) is 19.2 Å². The summed E-state index contributed by atoms with van der Waals surface area (Å²) >= 11 is 0. The lowest BCUT2D eigenvalue weighted by atomic mass is 9.91. The van der Waals surface area contributed by atoms with Crippen molar-refractivity contribution in [3.05, 3.63) is 29.8 Å². The number of hydrogen-bond acceptors (Lipinski definition) is 3. The minimum atomic E-state index is 0.303. The maximum Gasteiger partial charge on any atom is 0.123 e. The van der Waals surface area contributed by atoms with E-state index in [2.05, 4.69) is 24.4 Å². The van der Waals surface area contributed by atoms with Crippen molar-refractivity contribution in [1.29, 1.82) is 0 Å². The monoisotopic (exact) mass is 263 g/mol. The quantitative estimate of drug-likeness (QED) is 0.884. The van der Waals surface area contributed by atoms with Gasteiger partial charge in [0.25, 0.3) is 0 Å². The van der Waals surface area contributed by atoms with E-state index in [0.717, 1.165) is 12.2 Å². The molecular formula is C16H25NO2. The largest absolute Gasteiger partial charge is 0.496 e. The minimum absolute atomic E-state index is 0.303. The standard InChI is InChI=1S/C16H25NO2/c1-12(15-9-4-5-10-16(15)19-3)17-13-7-6-8-14(11-13)18-2/h4-5,9-10,12-14,17H,6-8,11H2,1-3H3/t12-,13?,14?/m1/s1. The zero-order chi connectivity index (χ0) is 13.7. The molecule has 0 amide bonds. The first-order valence-electron chi connectivity index (χ1n) is 7.16. The van der Waals surface area contributed by atoms with Crippen molar-refractivity contribution in [3.8, 4) is 5.75 Å². The molecule has 0 spiro atoms. The van der Waals surface area contributed by atoms with Crippen LogP contribution in [0.4, 0.5) is 0 Å². The van der Waals surface area contributed by atoms with E-state index in [9.17, 15) is 0 Å². The number of nitrogens with one attached hydrogen (secondary N) is 1. The first kappa shape index (κ1) is 14.4. The summed E-state index contributed by atoms with van der Waals surface area (Å²) in [6.45, 7) is 2.20. The molecular weight excluding hydrogens is 238 g/mol. The summed E-state index contributed by atoms with van der Waals surface area (Å²) in [6.07, 6.45) is 5.19. The van der Waals surface area contributed by atoms with Gasteiger partial charge in [-0.2, -0.15) is 0 Å². The van der Waals surface area contributed by atoms with Gasteiger partial charge in [-0.1, -0.05) is 18.2 Å². The molecule has 1 aromatic rings. The van der Waals surface area contributed by atoms with Crippen LogP contribution in [0.1, 0.15) is 44.2 Å². The van der Waals surface area contributed by atoms with Crippen molar-refractivity contribution in [2.75, 3.05) is 14.2 Å².